The molecule has 162 valence electrons. The number of aliphatic imine (C=N–C) groups is 1. The van der Waals surface area contributed by atoms with Gasteiger partial charge in [-0.3, -0.25) is 19.5 Å². The number of pyridine rings is 1. The van der Waals surface area contributed by atoms with Crippen LogP contribution in [0.4, 0.5) is 11.4 Å². The van der Waals surface area contributed by atoms with Crippen LogP contribution in [0, 0.1) is 6.92 Å². The van der Waals surface area contributed by atoms with Crippen LogP contribution in [0.3, 0.4) is 0 Å². The summed E-state index contributed by atoms with van der Waals surface area (Å²) >= 11 is 7.20. The molecule has 1 N–H and O–H groups in total. The monoisotopic (exact) mass is 464 g/mol. The number of aryl methyl sites for hydroxylation is 1. The lowest BCUT2D eigenvalue weighted by Crippen LogP contribution is -2.33. The van der Waals surface area contributed by atoms with E-state index >= 15 is 0 Å². The Balaban J connectivity index is 1.55. The third-order valence-electron chi connectivity index (χ3n) is 4.90. The molecular formula is C24H21ClN4O2S. The highest BCUT2D eigenvalue weighted by molar-refractivity contribution is 8.15. The molecule has 1 aromatic heterocycles. The predicted octanol–water partition coefficient (Wildman–Crippen LogP) is 5.20. The van der Waals surface area contributed by atoms with Crippen LogP contribution in [0.25, 0.3) is 0 Å². The molecule has 0 saturated carbocycles. The zero-order chi connectivity index (χ0) is 22.5. The van der Waals surface area contributed by atoms with Gasteiger partial charge in [0.2, 0.25) is 11.8 Å². The number of amides is 2. The molecule has 1 fully saturated rings. The van der Waals surface area contributed by atoms with Crippen molar-refractivity contribution in [3.05, 3.63) is 89.2 Å². The molecular weight excluding hydrogens is 444 g/mol. The maximum atomic E-state index is 13.2. The zero-order valence-electron chi connectivity index (χ0n) is 17.4. The van der Waals surface area contributed by atoms with E-state index in [4.69, 9.17) is 16.6 Å². The molecule has 1 unspecified atom stereocenters. The Bertz CT molecular complexity index is 1150. The van der Waals surface area contributed by atoms with Gasteiger partial charge in [0.15, 0.2) is 5.17 Å². The average molecular weight is 465 g/mol. The molecule has 32 heavy (non-hydrogen) atoms. The van der Waals surface area contributed by atoms with Crippen molar-refractivity contribution in [2.24, 2.45) is 4.99 Å². The summed E-state index contributed by atoms with van der Waals surface area (Å²) in [6.45, 7) is 2.27. The number of carbonyl (C=O) groups excluding carboxylic acids is 2. The van der Waals surface area contributed by atoms with Crippen LogP contribution >= 0.6 is 23.4 Å². The molecule has 0 spiro atoms. The van der Waals surface area contributed by atoms with Crippen molar-refractivity contribution in [1.82, 2.24) is 9.88 Å². The molecule has 3 aromatic rings. The van der Waals surface area contributed by atoms with Crippen LogP contribution in [0.15, 0.2) is 77.9 Å². The Kier molecular flexibility index (Phi) is 6.87. The van der Waals surface area contributed by atoms with Gasteiger partial charge in [0.1, 0.15) is 5.25 Å². The van der Waals surface area contributed by atoms with Gasteiger partial charge in [0.25, 0.3) is 0 Å². The third kappa shape index (κ3) is 5.36. The number of amidine groups is 1. The second kappa shape index (κ2) is 9.97. The number of halogens is 1. The molecule has 8 heteroatoms. The fourth-order valence-corrected chi connectivity index (χ4v) is 4.51. The second-order valence-corrected chi connectivity index (χ2v) is 8.90. The van der Waals surface area contributed by atoms with Crippen LogP contribution < -0.4 is 5.32 Å². The van der Waals surface area contributed by atoms with Crippen molar-refractivity contribution in [3.8, 4) is 0 Å². The Hall–Kier alpha value is -3.16. The molecule has 2 amide bonds. The van der Waals surface area contributed by atoms with Gasteiger partial charge in [-0.05, 0) is 55.0 Å². The maximum Gasteiger partial charge on any atom is 0.243 e. The summed E-state index contributed by atoms with van der Waals surface area (Å²) in [5, 5.41) is 3.42. The Morgan fingerprint density at radius 3 is 2.59 bits per heavy atom. The number of hydrogen-bond donors (Lipinski definition) is 1. The van der Waals surface area contributed by atoms with Crippen molar-refractivity contribution in [2.75, 3.05) is 5.32 Å². The SMILES string of the molecule is Cc1ccccc1N=C1SC(CC(=O)Nc2ccc(Cl)cc2)C(=O)N1Cc1ccccn1. The second-order valence-electron chi connectivity index (χ2n) is 7.29. The number of nitrogens with zero attached hydrogens (tertiary/aromatic N) is 3. The fourth-order valence-electron chi connectivity index (χ4n) is 3.23. The highest BCUT2D eigenvalue weighted by Crippen LogP contribution is 2.33. The number of thioether (sulfide) groups is 1. The molecule has 1 aliphatic rings. The molecule has 6 nitrogen and oxygen atoms in total. The van der Waals surface area contributed by atoms with Crippen molar-refractivity contribution in [3.63, 3.8) is 0 Å². The minimum atomic E-state index is -0.561. The van der Waals surface area contributed by atoms with Gasteiger partial charge in [-0.25, -0.2) is 4.99 Å². The van der Waals surface area contributed by atoms with E-state index in [1.165, 1.54) is 11.8 Å². The average Bonchev–Trinajstić information content (AvgIpc) is 3.06. The number of rotatable bonds is 6. The number of anilines is 1. The number of benzene rings is 2. The summed E-state index contributed by atoms with van der Waals surface area (Å²) in [5.41, 5.74) is 3.19. The first-order valence-corrected chi connectivity index (χ1v) is 11.3. The van der Waals surface area contributed by atoms with Crippen LogP contribution in [0.1, 0.15) is 17.7 Å². The van der Waals surface area contributed by atoms with Crippen LogP contribution in [-0.4, -0.2) is 32.1 Å². The minimum absolute atomic E-state index is 0.0393. The minimum Gasteiger partial charge on any atom is -0.326 e. The smallest absolute Gasteiger partial charge is 0.243 e. The molecule has 1 aliphatic heterocycles. The summed E-state index contributed by atoms with van der Waals surface area (Å²) in [6, 6.07) is 20.2. The van der Waals surface area contributed by atoms with E-state index in [0.717, 1.165) is 16.9 Å². The van der Waals surface area contributed by atoms with E-state index in [1.807, 2.05) is 49.4 Å². The van der Waals surface area contributed by atoms with Crippen LogP contribution in [0.5, 0.6) is 0 Å². The van der Waals surface area contributed by atoms with E-state index in [0.29, 0.717) is 22.4 Å². The molecule has 4 rings (SSSR count). The predicted molar refractivity (Wildman–Crippen MR) is 129 cm³/mol. The topological polar surface area (TPSA) is 74.7 Å². The molecule has 0 radical (unpaired) electrons. The lowest BCUT2D eigenvalue weighted by molar-refractivity contribution is -0.128. The highest BCUT2D eigenvalue weighted by Gasteiger charge is 2.39. The lowest BCUT2D eigenvalue weighted by Gasteiger charge is -2.16. The molecule has 2 aromatic carbocycles. The maximum absolute atomic E-state index is 13.2. The summed E-state index contributed by atoms with van der Waals surface area (Å²) in [5.74, 6) is -0.396. The normalized spacial score (nSPS) is 17.1. The van der Waals surface area contributed by atoms with Gasteiger partial charge in [-0.2, -0.15) is 0 Å². The molecule has 0 bridgehead atoms. The highest BCUT2D eigenvalue weighted by atomic mass is 35.5. The van der Waals surface area contributed by atoms with Gasteiger partial charge < -0.3 is 5.32 Å². The quantitative estimate of drug-likeness (QED) is 0.543. The van der Waals surface area contributed by atoms with E-state index in [2.05, 4.69) is 10.3 Å². The van der Waals surface area contributed by atoms with Gasteiger partial charge >= 0.3 is 0 Å². The van der Waals surface area contributed by atoms with Crippen LogP contribution in [-0.2, 0) is 16.1 Å². The van der Waals surface area contributed by atoms with Crippen LogP contribution in [0.2, 0.25) is 5.02 Å². The summed E-state index contributed by atoms with van der Waals surface area (Å²) in [6.07, 6.45) is 1.73. The van der Waals surface area contributed by atoms with Crippen molar-refractivity contribution in [2.45, 2.75) is 25.1 Å². The van der Waals surface area contributed by atoms with Crippen molar-refractivity contribution in [1.29, 1.82) is 0 Å². The molecule has 2 heterocycles. The lowest BCUT2D eigenvalue weighted by atomic mass is 10.2. The van der Waals surface area contributed by atoms with E-state index in [1.54, 1.807) is 35.4 Å². The van der Waals surface area contributed by atoms with E-state index in [-0.39, 0.29) is 18.2 Å². The van der Waals surface area contributed by atoms with Crippen molar-refractivity contribution >= 4 is 51.7 Å². The van der Waals surface area contributed by atoms with E-state index in [9.17, 15) is 9.59 Å². The van der Waals surface area contributed by atoms with Gasteiger partial charge in [-0.1, -0.05) is 47.6 Å². The zero-order valence-corrected chi connectivity index (χ0v) is 18.9. The molecule has 1 saturated heterocycles. The van der Waals surface area contributed by atoms with E-state index < -0.39 is 5.25 Å². The van der Waals surface area contributed by atoms with Crippen molar-refractivity contribution < 1.29 is 9.59 Å². The number of nitrogens with one attached hydrogen (secondary N) is 1. The summed E-state index contributed by atoms with van der Waals surface area (Å²) in [7, 11) is 0. The molecule has 1 atom stereocenters. The number of carbonyl (C=O) groups is 2. The van der Waals surface area contributed by atoms with Gasteiger partial charge in [0.05, 0.1) is 17.9 Å². The Morgan fingerprint density at radius 2 is 1.88 bits per heavy atom. The number of para-hydroxylation sites is 1. The first kappa shape index (κ1) is 22.0. The summed E-state index contributed by atoms with van der Waals surface area (Å²) < 4.78 is 0. The third-order valence-corrected chi connectivity index (χ3v) is 6.32. The Morgan fingerprint density at radius 1 is 1.12 bits per heavy atom. The standard InChI is InChI=1S/C24H21ClN4O2S/c1-16-6-2-3-8-20(16)28-24-29(15-19-7-4-5-13-26-19)23(31)21(32-24)14-22(30)27-18-11-9-17(25)10-12-18/h2-13,21H,14-15H2,1H3,(H,27,30). The first-order valence-electron chi connectivity index (χ1n) is 10.1. The fraction of sp³-hybridized carbons (Fsp3) is 0.167. The van der Waals surface area contributed by atoms with Gasteiger partial charge in [-0.15, -0.1) is 0 Å². The first-order chi connectivity index (χ1) is 15.5. The summed E-state index contributed by atoms with van der Waals surface area (Å²) in [4.78, 5) is 36.5. The number of hydrogen-bond acceptors (Lipinski definition) is 5. The largest absolute Gasteiger partial charge is 0.326 e. The number of aromatic nitrogens is 1. The molecule has 0 aliphatic carbocycles. The Labute approximate surface area is 195 Å². The van der Waals surface area contributed by atoms with Gasteiger partial charge in [0, 0.05) is 23.3 Å².